The summed E-state index contributed by atoms with van der Waals surface area (Å²) >= 11 is 12.2. The molecular weight excluding hydrogens is 419 g/mol. The van der Waals surface area contributed by atoms with Crippen LogP contribution in [-0.4, -0.2) is 37.8 Å². The van der Waals surface area contributed by atoms with Crippen molar-refractivity contribution < 1.29 is 13.2 Å². The zero-order chi connectivity index (χ0) is 20.1. The van der Waals surface area contributed by atoms with Crippen LogP contribution in [0.1, 0.15) is 56.9 Å². The van der Waals surface area contributed by atoms with Gasteiger partial charge in [0.25, 0.3) is 0 Å². The molecule has 0 unspecified atom stereocenters. The largest absolute Gasteiger partial charge is 0.353 e. The lowest BCUT2D eigenvalue weighted by molar-refractivity contribution is -0.126. The van der Waals surface area contributed by atoms with E-state index in [-0.39, 0.29) is 23.6 Å². The van der Waals surface area contributed by atoms with Gasteiger partial charge >= 0.3 is 0 Å². The molecule has 3 rings (SSSR count). The van der Waals surface area contributed by atoms with E-state index in [1.165, 1.54) is 30.0 Å². The first-order valence-corrected chi connectivity index (χ1v) is 12.4. The van der Waals surface area contributed by atoms with Crippen LogP contribution in [0.2, 0.25) is 10.0 Å². The Balaban J connectivity index is 1.54. The van der Waals surface area contributed by atoms with Crippen LogP contribution in [0, 0.1) is 5.92 Å². The quantitative estimate of drug-likeness (QED) is 0.682. The summed E-state index contributed by atoms with van der Waals surface area (Å²) in [5.41, 5.74) is 0.430. The molecule has 1 aromatic carbocycles. The molecule has 2 aliphatic rings. The number of carbonyl (C=O) groups excluding carboxylic acids is 1. The van der Waals surface area contributed by atoms with Crippen LogP contribution in [0.4, 0.5) is 0 Å². The van der Waals surface area contributed by atoms with E-state index in [1.54, 1.807) is 18.2 Å². The number of carbonyl (C=O) groups is 1. The Morgan fingerprint density at radius 3 is 2.14 bits per heavy atom. The summed E-state index contributed by atoms with van der Waals surface area (Å²) in [6.07, 6.45) is 8.05. The van der Waals surface area contributed by atoms with Gasteiger partial charge in [-0.15, -0.1) is 0 Å². The molecule has 1 aliphatic heterocycles. The van der Waals surface area contributed by atoms with Crippen molar-refractivity contribution in [2.24, 2.45) is 5.92 Å². The number of halogens is 2. The van der Waals surface area contributed by atoms with E-state index >= 15 is 0 Å². The molecule has 1 saturated carbocycles. The highest BCUT2D eigenvalue weighted by atomic mass is 35.5. The fourth-order valence-electron chi connectivity index (χ4n) is 4.08. The molecule has 0 atom stereocenters. The molecule has 1 saturated heterocycles. The van der Waals surface area contributed by atoms with E-state index in [4.69, 9.17) is 23.2 Å². The van der Waals surface area contributed by atoms with Crippen LogP contribution in [-0.2, 0) is 20.6 Å². The second-order valence-corrected chi connectivity index (χ2v) is 10.6. The standard InChI is InChI=1S/C20H28Cl2N2O3S/c21-18-8-5-9-19(22)17(18)14-28(26,27)24-12-10-15(11-13-24)20(25)23-16-6-3-1-2-4-7-16/h5,8-9,15-16H,1-4,6-7,10-14H2,(H,23,25). The topological polar surface area (TPSA) is 66.5 Å². The van der Waals surface area contributed by atoms with E-state index in [0.29, 0.717) is 41.5 Å². The summed E-state index contributed by atoms with van der Waals surface area (Å²) in [6.45, 7) is 0.709. The zero-order valence-electron chi connectivity index (χ0n) is 16.0. The van der Waals surface area contributed by atoms with Gasteiger partial charge in [0, 0.05) is 40.7 Å². The molecule has 1 heterocycles. The van der Waals surface area contributed by atoms with Crippen LogP contribution in [0.5, 0.6) is 0 Å². The normalized spacial score (nSPS) is 20.6. The van der Waals surface area contributed by atoms with E-state index in [0.717, 1.165) is 12.8 Å². The maximum absolute atomic E-state index is 12.8. The maximum Gasteiger partial charge on any atom is 0.223 e. The Labute approximate surface area is 177 Å². The van der Waals surface area contributed by atoms with E-state index in [1.807, 2.05) is 0 Å². The number of amides is 1. The Morgan fingerprint density at radius 1 is 1.00 bits per heavy atom. The molecule has 0 bridgehead atoms. The van der Waals surface area contributed by atoms with Gasteiger partial charge in [-0.2, -0.15) is 0 Å². The molecule has 1 amide bonds. The number of hydrogen-bond acceptors (Lipinski definition) is 3. The highest BCUT2D eigenvalue weighted by Gasteiger charge is 2.32. The van der Waals surface area contributed by atoms with Crippen LogP contribution in [0.15, 0.2) is 18.2 Å². The number of hydrogen-bond donors (Lipinski definition) is 1. The molecule has 5 nitrogen and oxygen atoms in total. The van der Waals surface area contributed by atoms with E-state index in [9.17, 15) is 13.2 Å². The zero-order valence-corrected chi connectivity index (χ0v) is 18.3. The van der Waals surface area contributed by atoms with Crippen LogP contribution < -0.4 is 5.32 Å². The molecule has 2 fully saturated rings. The van der Waals surface area contributed by atoms with Crippen molar-refractivity contribution in [1.29, 1.82) is 0 Å². The monoisotopic (exact) mass is 446 g/mol. The number of nitrogens with zero attached hydrogens (tertiary/aromatic N) is 1. The Hall–Kier alpha value is -0.820. The molecule has 156 valence electrons. The summed E-state index contributed by atoms with van der Waals surface area (Å²) in [4.78, 5) is 12.6. The van der Waals surface area contributed by atoms with Crippen molar-refractivity contribution in [2.45, 2.75) is 63.2 Å². The smallest absolute Gasteiger partial charge is 0.223 e. The minimum atomic E-state index is -3.53. The predicted molar refractivity (Wildman–Crippen MR) is 113 cm³/mol. The van der Waals surface area contributed by atoms with E-state index < -0.39 is 10.0 Å². The summed E-state index contributed by atoms with van der Waals surface area (Å²) in [5, 5.41) is 3.91. The molecule has 0 spiro atoms. The molecule has 28 heavy (non-hydrogen) atoms. The fourth-order valence-corrected chi connectivity index (χ4v) is 6.40. The lowest BCUT2D eigenvalue weighted by Crippen LogP contribution is -2.45. The molecule has 0 radical (unpaired) electrons. The van der Waals surface area contributed by atoms with Crippen molar-refractivity contribution >= 4 is 39.1 Å². The summed E-state index contributed by atoms with van der Waals surface area (Å²) in [7, 11) is -3.53. The third kappa shape index (κ3) is 5.62. The van der Waals surface area contributed by atoms with Gasteiger partial charge in [-0.3, -0.25) is 4.79 Å². The molecular formula is C20H28Cl2N2O3S. The number of benzene rings is 1. The number of rotatable bonds is 5. The molecule has 0 aromatic heterocycles. The molecule has 1 aromatic rings. The summed E-state index contributed by atoms with van der Waals surface area (Å²) in [5.74, 6) is -0.249. The molecule has 1 aliphatic carbocycles. The lowest BCUT2D eigenvalue weighted by atomic mass is 9.96. The second kappa shape index (κ2) is 9.79. The van der Waals surface area contributed by atoms with Crippen molar-refractivity contribution in [3.8, 4) is 0 Å². The minimum absolute atomic E-state index is 0.0816. The summed E-state index contributed by atoms with van der Waals surface area (Å²) in [6, 6.07) is 5.25. The minimum Gasteiger partial charge on any atom is -0.353 e. The van der Waals surface area contributed by atoms with Gasteiger partial charge in [-0.1, -0.05) is 55.0 Å². The second-order valence-electron chi connectivity index (χ2n) is 7.83. The van der Waals surface area contributed by atoms with Crippen molar-refractivity contribution in [1.82, 2.24) is 9.62 Å². The summed E-state index contributed by atoms with van der Waals surface area (Å²) < 4.78 is 27.1. The van der Waals surface area contributed by atoms with E-state index in [2.05, 4.69) is 5.32 Å². The first kappa shape index (κ1) is 21.9. The highest BCUT2D eigenvalue weighted by Crippen LogP contribution is 2.29. The van der Waals surface area contributed by atoms with Gasteiger partial charge in [-0.25, -0.2) is 12.7 Å². The van der Waals surface area contributed by atoms with Crippen LogP contribution >= 0.6 is 23.2 Å². The SMILES string of the molecule is O=C(NC1CCCCCC1)C1CCN(S(=O)(=O)Cc2c(Cl)cccc2Cl)CC1. The van der Waals surface area contributed by atoms with Gasteiger partial charge in [0.15, 0.2) is 0 Å². The van der Waals surface area contributed by atoms with Crippen molar-refractivity contribution in [2.75, 3.05) is 13.1 Å². The Bertz CT molecular complexity index is 764. The van der Waals surface area contributed by atoms with Crippen LogP contribution in [0.3, 0.4) is 0 Å². The van der Waals surface area contributed by atoms with Crippen molar-refractivity contribution in [3.63, 3.8) is 0 Å². The first-order chi connectivity index (χ1) is 13.4. The van der Waals surface area contributed by atoms with Crippen molar-refractivity contribution in [3.05, 3.63) is 33.8 Å². The van der Waals surface area contributed by atoms with Crippen LogP contribution in [0.25, 0.3) is 0 Å². The average Bonchev–Trinajstić information content (AvgIpc) is 2.94. The van der Waals surface area contributed by atoms with Gasteiger partial charge in [-0.05, 0) is 37.8 Å². The number of nitrogens with one attached hydrogen (secondary N) is 1. The first-order valence-electron chi connectivity index (χ1n) is 10.1. The number of piperidine rings is 1. The van der Waals surface area contributed by atoms with Gasteiger partial charge in [0.05, 0.1) is 5.75 Å². The average molecular weight is 447 g/mol. The molecule has 1 N–H and O–H groups in total. The Morgan fingerprint density at radius 2 is 1.57 bits per heavy atom. The van der Waals surface area contributed by atoms with Gasteiger partial charge < -0.3 is 5.32 Å². The molecule has 8 heteroatoms. The van der Waals surface area contributed by atoms with Gasteiger partial charge in [0.1, 0.15) is 0 Å². The Kier molecular flexibility index (Phi) is 7.65. The van der Waals surface area contributed by atoms with Gasteiger partial charge in [0.2, 0.25) is 15.9 Å². The predicted octanol–water partition coefficient (Wildman–Crippen LogP) is 4.37. The number of sulfonamides is 1. The third-order valence-corrected chi connectivity index (χ3v) is 8.32. The highest BCUT2D eigenvalue weighted by molar-refractivity contribution is 7.88. The fraction of sp³-hybridized carbons (Fsp3) is 0.650. The third-order valence-electron chi connectivity index (χ3n) is 5.81. The lowest BCUT2D eigenvalue weighted by Gasteiger charge is -2.31. The maximum atomic E-state index is 12.8.